The Labute approximate surface area is 159 Å². The van der Waals surface area contributed by atoms with Gasteiger partial charge in [-0.25, -0.2) is 0 Å². The van der Waals surface area contributed by atoms with Crippen molar-refractivity contribution in [2.45, 2.75) is 13.2 Å². The van der Waals surface area contributed by atoms with E-state index in [0.717, 1.165) is 0 Å². The van der Waals surface area contributed by atoms with Crippen LogP contribution in [0.1, 0.15) is 15.9 Å². The number of hydrogen-bond donors (Lipinski definition) is 1. The monoisotopic (exact) mass is 392 g/mol. The third-order valence-electron chi connectivity index (χ3n) is 4.07. The van der Waals surface area contributed by atoms with Crippen molar-refractivity contribution in [3.8, 4) is 17.2 Å². The number of nitrogens with one attached hydrogen (secondary N) is 1. The summed E-state index contributed by atoms with van der Waals surface area (Å²) in [6.07, 6.45) is 0. The molecule has 7 nitrogen and oxygen atoms in total. The molecule has 0 saturated carbocycles. The van der Waals surface area contributed by atoms with Crippen molar-refractivity contribution in [2.24, 2.45) is 0 Å². The first-order valence-electron chi connectivity index (χ1n) is 8.31. The van der Waals surface area contributed by atoms with E-state index in [0.29, 0.717) is 22.6 Å². The third kappa shape index (κ3) is 4.30. The van der Waals surface area contributed by atoms with Crippen LogP contribution in [0, 0.1) is 0 Å². The second-order valence-electron chi connectivity index (χ2n) is 6.07. The molecule has 0 spiro atoms. The van der Waals surface area contributed by atoms with Crippen LogP contribution < -0.4 is 19.5 Å². The summed E-state index contributed by atoms with van der Waals surface area (Å²) in [6.45, 7) is -2.84. The second-order valence-corrected chi connectivity index (χ2v) is 6.07. The SMILES string of the molecule is COc1cc(CN(C)C(=O)c2ccc3c(c2)OCC(=O)N3)ccc1OC(F)F. The van der Waals surface area contributed by atoms with E-state index in [-0.39, 0.29) is 36.5 Å². The number of carbonyl (C=O) groups excluding carboxylic acids is 2. The standard InChI is InChI=1S/C19H18F2N2O5/c1-23(9-11-3-6-14(28-19(20)21)16(7-11)26-2)18(25)12-4-5-13-15(8-12)27-10-17(24)22-13/h3-8,19H,9-10H2,1-2H3,(H,22,24). The molecule has 3 rings (SSSR count). The molecule has 0 aliphatic carbocycles. The molecule has 0 saturated heterocycles. The quantitative estimate of drug-likeness (QED) is 0.818. The lowest BCUT2D eigenvalue weighted by atomic mass is 10.1. The first-order chi connectivity index (χ1) is 13.4. The fraction of sp³-hybridized carbons (Fsp3) is 0.263. The Kier molecular flexibility index (Phi) is 5.62. The van der Waals surface area contributed by atoms with Crippen LogP contribution in [-0.2, 0) is 11.3 Å². The highest BCUT2D eigenvalue weighted by Crippen LogP contribution is 2.31. The largest absolute Gasteiger partial charge is 0.493 e. The molecule has 2 amide bonds. The number of anilines is 1. The minimum absolute atomic E-state index is 0.0795. The summed E-state index contributed by atoms with van der Waals surface area (Å²) in [4.78, 5) is 25.5. The number of amides is 2. The van der Waals surface area contributed by atoms with Gasteiger partial charge in [-0.1, -0.05) is 6.07 Å². The van der Waals surface area contributed by atoms with E-state index < -0.39 is 6.61 Å². The Morgan fingerprint density at radius 2 is 2.04 bits per heavy atom. The van der Waals surface area contributed by atoms with Crippen molar-refractivity contribution >= 4 is 17.5 Å². The number of benzene rings is 2. The van der Waals surface area contributed by atoms with Crippen LogP contribution in [0.2, 0.25) is 0 Å². The van der Waals surface area contributed by atoms with Crippen LogP contribution in [0.5, 0.6) is 17.2 Å². The van der Waals surface area contributed by atoms with Crippen LogP contribution in [0.25, 0.3) is 0 Å². The van der Waals surface area contributed by atoms with E-state index in [9.17, 15) is 18.4 Å². The van der Waals surface area contributed by atoms with Crippen molar-refractivity contribution in [1.29, 1.82) is 0 Å². The number of ether oxygens (including phenoxy) is 3. The highest BCUT2D eigenvalue weighted by atomic mass is 19.3. The van der Waals surface area contributed by atoms with Crippen molar-refractivity contribution in [3.05, 3.63) is 47.5 Å². The molecule has 9 heteroatoms. The Bertz CT molecular complexity index is 904. The van der Waals surface area contributed by atoms with E-state index in [1.54, 1.807) is 31.3 Å². The number of carbonyl (C=O) groups is 2. The number of halogens is 2. The van der Waals surface area contributed by atoms with Crippen molar-refractivity contribution in [1.82, 2.24) is 4.90 Å². The number of nitrogens with zero attached hydrogens (tertiary/aromatic N) is 1. The molecule has 0 atom stereocenters. The molecule has 0 unspecified atom stereocenters. The second kappa shape index (κ2) is 8.12. The summed E-state index contributed by atoms with van der Waals surface area (Å²) in [5, 5.41) is 2.66. The molecule has 0 aromatic heterocycles. The number of methoxy groups -OCH3 is 1. The minimum atomic E-state index is -2.96. The van der Waals surface area contributed by atoms with Gasteiger partial charge < -0.3 is 24.4 Å². The topological polar surface area (TPSA) is 77.1 Å². The lowest BCUT2D eigenvalue weighted by Gasteiger charge is -2.21. The summed E-state index contributed by atoms with van der Waals surface area (Å²) in [6, 6.07) is 9.24. The Morgan fingerprint density at radius 3 is 2.75 bits per heavy atom. The van der Waals surface area contributed by atoms with Gasteiger partial charge in [0.2, 0.25) is 0 Å². The molecule has 1 aliphatic heterocycles. The van der Waals surface area contributed by atoms with Gasteiger partial charge in [0, 0.05) is 19.2 Å². The minimum Gasteiger partial charge on any atom is -0.493 e. The van der Waals surface area contributed by atoms with Gasteiger partial charge in [0.25, 0.3) is 11.8 Å². The number of rotatable bonds is 6. The maximum atomic E-state index is 12.7. The number of fused-ring (bicyclic) bond motifs is 1. The number of hydrogen-bond acceptors (Lipinski definition) is 5. The van der Waals surface area contributed by atoms with Gasteiger partial charge in [0.05, 0.1) is 12.8 Å². The zero-order valence-corrected chi connectivity index (χ0v) is 15.2. The predicted octanol–water partition coefficient (Wildman–Crippen LogP) is 2.90. The molecule has 1 aliphatic rings. The van der Waals surface area contributed by atoms with Crippen molar-refractivity contribution < 1.29 is 32.6 Å². The molecule has 2 aromatic rings. The molecule has 148 valence electrons. The van der Waals surface area contributed by atoms with E-state index in [1.807, 2.05) is 0 Å². The summed E-state index contributed by atoms with van der Waals surface area (Å²) in [5.74, 6) is -0.0261. The van der Waals surface area contributed by atoms with Crippen LogP contribution in [0.15, 0.2) is 36.4 Å². The lowest BCUT2D eigenvalue weighted by molar-refractivity contribution is -0.118. The van der Waals surface area contributed by atoms with Crippen LogP contribution in [0.3, 0.4) is 0 Å². The van der Waals surface area contributed by atoms with Crippen molar-refractivity contribution in [2.75, 3.05) is 26.1 Å². The molecule has 0 bridgehead atoms. The highest BCUT2D eigenvalue weighted by Gasteiger charge is 2.20. The predicted molar refractivity (Wildman–Crippen MR) is 96.0 cm³/mol. The molecular weight excluding hydrogens is 374 g/mol. The molecule has 1 heterocycles. The summed E-state index contributed by atoms with van der Waals surface area (Å²) in [5.41, 5.74) is 1.58. The molecule has 0 fully saturated rings. The Balaban J connectivity index is 1.73. The third-order valence-corrected chi connectivity index (χ3v) is 4.07. The maximum Gasteiger partial charge on any atom is 0.387 e. The lowest BCUT2D eigenvalue weighted by Crippen LogP contribution is -2.28. The van der Waals surface area contributed by atoms with Crippen LogP contribution in [0.4, 0.5) is 14.5 Å². The fourth-order valence-corrected chi connectivity index (χ4v) is 2.78. The van der Waals surface area contributed by atoms with Crippen molar-refractivity contribution in [3.63, 3.8) is 0 Å². The highest BCUT2D eigenvalue weighted by molar-refractivity contribution is 5.98. The van der Waals surface area contributed by atoms with Gasteiger partial charge in [0.15, 0.2) is 18.1 Å². The zero-order valence-electron chi connectivity index (χ0n) is 15.2. The average Bonchev–Trinajstić information content (AvgIpc) is 2.67. The van der Waals surface area contributed by atoms with Gasteiger partial charge >= 0.3 is 6.61 Å². The van der Waals surface area contributed by atoms with Crippen LogP contribution >= 0.6 is 0 Å². The normalized spacial score (nSPS) is 12.7. The summed E-state index contributed by atoms with van der Waals surface area (Å²) in [7, 11) is 2.96. The number of alkyl halides is 2. The van der Waals surface area contributed by atoms with Gasteiger partial charge in [-0.05, 0) is 35.9 Å². The first-order valence-corrected chi connectivity index (χ1v) is 8.31. The Morgan fingerprint density at radius 1 is 1.25 bits per heavy atom. The molecule has 0 radical (unpaired) electrons. The van der Waals surface area contributed by atoms with E-state index in [2.05, 4.69) is 10.1 Å². The maximum absolute atomic E-state index is 12.7. The Hall–Kier alpha value is -3.36. The summed E-state index contributed by atoms with van der Waals surface area (Å²) >= 11 is 0. The van der Waals surface area contributed by atoms with E-state index in [4.69, 9.17) is 9.47 Å². The van der Waals surface area contributed by atoms with E-state index in [1.165, 1.54) is 24.1 Å². The van der Waals surface area contributed by atoms with Gasteiger partial charge in [-0.3, -0.25) is 9.59 Å². The first kappa shape index (κ1) is 19.4. The molecular formula is C19H18F2N2O5. The molecule has 2 aromatic carbocycles. The van der Waals surface area contributed by atoms with Crippen LogP contribution in [-0.4, -0.2) is 44.1 Å². The van der Waals surface area contributed by atoms with Gasteiger partial charge in [0.1, 0.15) is 5.75 Å². The fourth-order valence-electron chi connectivity index (χ4n) is 2.78. The summed E-state index contributed by atoms with van der Waals surface area (Å²) < 4.78 is 39.6. The molecule has 28 heavy (non-hydrogen) atoms. The van der Waals surface area contributed by atoms with Gasteiger partial charge in [-0.15, -0.1) is 0 Å². The molecule has 1 N–H and O–H groups in total. The average molecular weight is 392 g/mol. The van der Waals surface area contributed by atoms with E-state index >= 15 is 0 Å². The smallest absolute Gasteiger partial charge is 0.387 e. The zero-order chi connectivity index (χ0) is 20.3. The van der Waals surface area contributed by atoms with Gasteiger partial charge in [-0.2, -0.15) is 8.78 Å².